The van der Waals surface area contributed by atoms with Crippen LogP contribution in [0.4, 0.5) is 0 Å². The minimum absolute atomic E-state index is 0.157. The number of hydrogen-bond donors (Lipinski definition) is 0. The van der Waals surface area contributed by atoms with Gasteiger partial charge in [-0.2, -0.15) is 9.98 Å². The van der Waals surface area contributed by atoms with Gasteiger partial charge in [0.25, 0.3) is 0 Å². The van der Waals surface area contributed by atoms with Gasteiger partial charge in [0.1, 0.15) is 11.6 Å². The van der Waals surface area contributed by atoms with Crippen molar-refractivity contribution in [1.82, 2.24) is 0 Å². The summed E-state index contributed by atoms with van der Waals surface area (Å²) in [6.45, 7) is 2.09. The van der Waals surface area contributed by atoms with Crippen molar-refractivity contribution in [3.05, 3.63) is 0 Å². The SMILES string of the molecule is CC12CCCC3N=C=NC31N=C=N2. The summed E-state index contributed by atoms with van der Waals surface area (Å²) in [7, 11) is 0. The van der Waals surface area contributed by atoms with Gasteiger partial charge in [-0.25, -0.2) is 9.98 Å². The average Bonchev–Trinajstić information content (AvgIpc) is 2.62. The van der Waals surface area contributed by atoms with Crippen LogP contribution in [0.3, 0.4) is 0 Å². The van der Waals surface area contributed by atoms with Crippen LogP contribution < -0.4 is 0 Å². The Morgan fingerprint density at radius 1 is 1.23 bits per heavy atom. The Morgan fingerprint density at radius 3 is 3.00 bits per heavy atom. The van der Waals surface area contributed by atoms with E-state index in [0.717, 1.165) is 19.3 Å². The third-order valence-electron chi connectivity index (χ3n) is 3.35. The zero-order chi connectivity index (χ0) is 8.94. The summed E-state index contributed by atoms with van der Waals surface area (Å²) in [5, 5.41) is 0. The Labute approximate surface area is 76.2 Å². The first kappa shape index (κ1) is 7.19. The monoisotopic (exact) mass is 174 g/mol. The van der Waals surface area contributed by atoms with Gasteiger partial charge in [-0.1, -0.05) is 0 Å². The van der Waals surface area contributed by atoms with Crippen molar-refractivity contribution < 1.29 is 0 Å². The summed E-state index contributed by atoms with van der Waals surface area (Å²) in [5.41, 5.74) is -0.672. The molecule has 0 aromatic carbocycles. The lowest BCUT2D eigenvalue weighted by Crippen LogP contribution is -2.54. The highest BCUT2D eigenvalue weighted by Gasteiger charge is 2.60. The van der Waals surface area contributed by atoms with Gasteiger partial charge in [0, 0.05) is 0 Å². The quantitative estimate of drug-likeness (QED) is 0.532. The van der Waals surface area contributed by atoms with Crippen molar-refractivity contribution in [2.75, 3.05) is 0 Å². The number of hydrogen-bond acceptors (Lipinski definition) is 4. The third-order valence-corrected chi connectivity index (χ3v) is 3.35. The molecule has 0 bridgehead atoms. The molecular weight excluding hydrogens is 164 g/mol. The van der Waals surface area contributed by atoms with Crippen LogP contribution in [0.2, 0.25) is 0 Å². The highest BCUT2D eigenvalue weighted by Crippen LogP contribution is 2.48. The first-order valence-electron chi connectivity index (χ1n) is 4.62. The summed E-state index contributed by atoms with van der Waals surface area (Å²) in [4.78, 5) is 17.1. The predicted octanol–water partition coefficient (Wildman–Crippen LogP) is 1.37. The van der Waals surface area contributed by atoms with E-state index in [1.54, 1.807) is 0 Å². The van der Waals surface area contributed by atoms with E-state index in [4.69, 9.17) is 0 Å². The molecule has 0 aromatic rings. The van der Waals surface area contributed by atoms with Crippen molar-refractivity contribution >= 4 is 12.0 Å². The molecule has 13 heavy (non-hydrogen) atoms. The average molecular weight is 174 g/mol. The molecule has 3 aliphatic rings. The summed E-state index contributed by atoms with van der Waals surface area (Å²) in [6.07, 6.45) is 3.22. The van der Waals surface area contributed by atoms with Crippen LogP contribution in [-0.4, -0.2) is 29.3 Å². The molecule has 1 saturated carbocycles. The molecule has 1 aliphatic carbocycles. The van der Waals surface area contributed by atoms with Crippen LogP contribution in [0.1, 0.15) is 26.2 Å². The lowest BCUT2D eigenvalue weighted by molar-refractivity contribution is 0.171. The van der Waals surface area contributed by atoms with E-state index in [2.05, 4.69) is 38.9 Å². The Hall–Kier alpha value is -1.24. The van der Waals surface area contributed by atoms with Crippen LogP contribution in [0.25, 0.3) is 0 Å². The summed E-state index contributed by atoms with van der Waals surface area (Å²) in [5.74, 6) is 0. The van der Waals surface area contributed by atoms with E-state index in [-0.39, 0.29) is 11.6 Å². The standard InChI is InChI=1S/C9H10N4/c1-8-4-2-3-7-9(8,12-5-10-7)13-6-11-8/h7H,2-4H2,1H3. The van der Waals surface area contributed by atoms with Gasteiger partial charge >= 0.3 is 0 Å². The lowest BCUT2D eigenvalue weighted by Gasteiger charge is -2.40. The maximum absolute atomic E-state index is 4.31. The Kier molecular flexibility index (Phi) is 1.09. The molecule has 0 N–H and O–H groups in total. The molecule has 2 aliphatic heterocycles. The van der Waals surface area contributed by atoms with E-state index in [9.17, 15) is 0 Å². The van der Waals surface area contributed by atoms with Crippen molar-refractivity contribution in [3.63, 3.8) is 0 Å². The molecule has 1 spiro atoms. The van der Waals surface area contributed by atoms with Crippen molar-refractivity contribution in [3.8, 4) is 0 Å². The van der Waals surface area contributed by atoms with Crippen LogP contribution in [-0.2, 0) is 0 Å². The smallest absolute Gasteiger partial charge is 0.217 e. The maximum atomic E-state index is 4.31. The van der Waals surface area contributed by atoms with Crippen LogP contribution in [0.15, 0.2) is 20.0 Å². The summed E-state index contributed by atoms with van der Waals surface area (Å²) >= 11 is 0. The highest BCUT2D eigenvalue weighted by atomic mass is 15.3. The van der Waals surface area contributed by atoms with E-state index >= 15 is 0 Å². The molecule has 0 aromatic heterocycles. The molecule has 4 heteroatoms. The molecule has 2 heterocycles. The van der Waals surface area contributed by atoms with Crippen molar-refractivity contribution in [1.29, 1.82) is 0 Å². The summed E-state index contributed by atoms with van der Waals surface area (Å²) < 4.78 is 0. The van der Waals surface area contributed by atoms with Crippen LogP contribution >= 0.6 is 0 Å². The minimum Gasteiger partial charge on any atom is -0.217 e. The zero-order valence-corrected chi connectivity index (χ0v) is 7.49. The van der Waals surface area contributed by atoms with Gasteiger partial charge in [-0.3, -0.25) is 0 Å². The molecule has 0 amide bonds. The number of rotatable bonds is 0. The van der Waals surface area contributed by atoms with Crippen molar-refractivity contribution in [2.24, 2.45) is 20.0 Å². The van der Waals surface area contributed by atoms with E-state index in [0.29, 0.717) is 0 Å². The predicted molar refractivity (Wildman–Crippen MR) is 48.5 cm³/mol. The van der Waals surface area contributed by atoms with Gasteiger partial charge in [0.2, 0.25) is 5.66 Å². The zero-order valence-electron chi connectivity index (χ0n) is 7.49. The number of nitrogens with zero attached hydrogens (tertiary/aromatic N) is 4. The molecular formula is C9H10N4. The summed E-state index contributed by atoms with van der Waals surface area (Å²) in [6, 6.07) is 5.59. The Balaban J connectivity index is 2.15. The number of aliphatic imine (C=N–C) groups is 4. The fourth-order valence-electron chi connectivity index (χ4n) is 2.48. The second kappa shape index (κ2) is 1.98. The Morgan fingerprint density at radius 2 is 2.08 bits per heavy atom. The van der Waals surface area contributed by atoms with Gasteiger partial charge in [-0.15, -0.1) is 0 Å². The topological polar surface area (TPSA) is 49.4 Å². The molecule has 3 atom stereocenters. The second-order valence-electron chi connectivity index (χ2n) is 4.07. The largest absolute Gasteiger partial charge is 0.219 e. The molecule has 0 saturated heterocycles. The first-order valence-corrected chi connectivity index (χ1v) is 4.62. The van der Waals surface area contributed by atoms with Gasteiger partial charge < -0.3 is 0 Å². The molecule has 1 fully saturated rings. The fraction of sp³-hybridized carbons (Fsp3) is 0.778. The van der Waals surface area contributed by atoms with Gasteiger partial charge in [0.15, 0.2) is 0 Å². The third kappa shape index (κ3) is 0.646. The molecule has 3 rings (SSSR count). The minimum atomic E-state index is -0.467. The first-order chi connectivity index (χ1) is 6.27. The van der Waals surface area contributed by atoms with Crippen molar-refractivity contribution in [2.45, 2.75) is 43.4 Å². The Bertz CT molecular complexity index is 382. The maximum Gasteiger partial charge on any atom is 0.219 e. The second-order valence-corrected chi connectivity index (χ2v) is 4.07. The van der Waals surface area contributed by atoms with Gasteiger partial charge in [-0.05, 0) is 26.2 Å². The lowest BCUT2D eigenvalue weighted by atomic mass is 9.72. The van der Waals surface area contributed by atoms with E-state index in [1.807, 2.05) is 0 Å². The van der Waals surface area contributed by atoms with Crippen LogP contribution in [0.5, 0.6) is 0 Å². The fourth-order valence-corrected chi connectivity index (χ4v) is 2.48. The van der Waals surface area contributed by atoms with Crippen LogP contribution in [0, 0.1) is 0 Å². The molecule has 66 valence electrons. The molecule has 4 nitrogen and oxygen atoms in total. The highest BCUT2D eigenvalue weighted by molar-refractivity contribution is 5.57. The normalized spacial score (nSPS) is 49.8. The molecule has 0 radical (unpaired) electrons. The molecule has 3 unspecified atom stereocenters. The van der Waals surface area contributed by atoms with E-state index in [1.165, 1.54) is 0 Å². The van der Waals surface area contributed by atoms with Gasteiger partial charge in [0.05, 0.1) is 12.0 Å². The van der Waals surface area contributed by atoms with E-state index < -0.39 is 5.66 Å².